The van der Waals surface area contributed by atoms with E-state index in [4.69, 9.17) is 9.47 Å². The highest BCUT2D eigenvalue weighted by molar-refractivity contribution is 5.99. The number of carbonyl (C=O) groups excluding carboxylic acids is 4. The Bertz CT molecular complexity index is 1730. The minimum atomic E-state index is -1.34. The predicted molar refractivity (Wildman–Crippen MR) is 177 cm³/mol. The van der Waals surface area contributed by atoms with Crippen molar-refractivity contribution < 1.29 is 33.8 Å². The second-order valence-corrected chi connectivity index (χ2v) is 11.5. The summed E-state index contributed by atoms with van der Waals surface area (Å²) in [5, 5.41) is 27.0. The van der Waals surface area contributed by atoms with Crippen molar-refractivity contribution >= 4 is 23.6 Å². The molecule has 0 saturated carbocycles. The number of nitrogens with one attached hydrogen (secondary N) is 4. The number of benzene rings is 2. The van der Waals surface area contributed by atoms with Crippen LogP contribution < -0.4 is 25.4 Å². The summed E-state index contributed by atoms with van der Waals surface area (Å²) in [5.74, 6) is -1.43. The van der Waals surface area contributed by atoms with Gasteiger partial charge in [0.25, 0.3) is 11.8 Å². The molecule has 4 heterocycles. The van der Waals surface area contributed by atoms with Crippen molar-refractivity contribution in [2.24, 2.45) is 0 Å². The first-order valence-corrected chi connectivity index (χ1v) is 15.9. The third-order valence-corrected chi connectivity index (χ3v) is 7.99. The highest BCUT2D eigenvalue weighted by Crippen LogP contribution is 2.28. The number of rotatable bonds is 5. The van der Waals surface area contributed by atoms with Crippen LogP contribution in [0.4, 0.5) is 0 Å². The van der Waals surface area contributed by atoms with Gasteiger partial charge in [0, 0.05) is 50.4 Å². The standard InChI is InChI=1S/C34H40N8O7/c1-22(43)30-33(46)36-14-16-41(34(47)26-9-6-13-35-26)15-12-25-21-42(40-39-25)17-18-49-28-11-10-24(20-29(28)48-2)31(44)37-27(32(45)38-30)19-23-7-4-3-5-8-23/h3-11,13,20-22,27,30,35,43H,12,14-19H2,1-2H3,(H,36,46)(H,37,44)(H,38,45)/t22-,27-,30+/m1/s1. The van der Waals surface area contributed by atoms with Crippen LogP contribution in [-0.4, -0.2) is 105 Å². The summed E-state index contributed by atoms with van der Waals surface area (Å²) in [6, 6.07) is 14.7. The summed E-state index contributed by atoms with van der Waals surface area (Å²) in [7, 11) is 1.46. The van der Waals surface area contributed by atoms with Crippen molar-refractivity contribution in [3.05, 3.63) is 95.6 Å². The third kappa shape index (κ3) is 9.22. The number of aromatic amines is 1. The first-order chi connectivity index (χ1) is 23.7. The van der Waals surface area contributed by atoms with E-state index in [9.17, 15) is 24.3 Å². The van der Waals surface area contributed by atoms with Crippen molar-refractivity contribution in [1.82, 2.24) is 40.8 Å². The maximum absolute atomic E-state index is 13.7. The molecule has 0 unspecified atom stereocenters. The maximum atomic E-state index is 13.7. The minimum Gasteiger partial charge on any atom is -0.493 e. The van der Waals surface area contributed by atoms with Crippen LogP contribution in [0, 0.1) is 0 Å². The number of H-pyrrole nitrogens is 1. The van der Waals surface area contributed by atoms with Crippen LogP contribution >= 0.6 is 0 Å². The Labute approximate surface area is 283 Å². The lowest BCUT2D eigenvalue weighted by atomic mass is 10.0. The van der Waals surface area contributed by atoms with Gasteiger partial charge in [-0.3, -0.25) is 19.2 Å². The van der Waals surface area contributed by atoms with Crippen molar-refractivity contribution in [3.8, 4) is 11.5 Å². The number of hydrogen-bond donors (Lipinski definition) is 5. The SMILES string of the molecule is COc1cc2ccc1OCCn1cc(nn1)CCN(C(=O)c1ccc[nH]1)CCNC(=O)[C@H]([C@@H](C)O)NC(=O)[C@@H](Cc1ccccc1)NC2=O. The van der Waals surface area contributed by atoms with Gasteiger partial charge in [-0.2, -0.15) is 0 Å². The van der Waals surface area contributed by atoms with Crippen molar-refractivity contribution in [1.29, 1.82) is 0 Å². The zero-order valence-corrected chi connectivity index (χ0v) is 27.3. The van der Waals surface area contributed by atoms with E-state index in [2.05, 4.69) is 31.2 Å². The highest BCUT2D eigenvalue weighted by Gasteiger charge is 2.30. The number of aliphatic hydroxyl groups is 1. The normalized spacial score (nSPS) is 18.8. The van der Waals surface area contributed by atoms with Gasteiger partial charge in [0.2, 0.25) is 11.8 Å². The largest absolute Gasteiger partial charge is 0.493 e. The molecule has 0 radical (unpaired) electrons. The molecule has 0 saturated heterocycles. The third-order valence-electron chi connectivity index (χ3n) is 7.99. The number of hydrogen-bond acceptors (Lipinski definition) is 9. The molecule has 4 amide bonds. The molecule has 4 aromatic rings. The van der Waals surface area contributed by atoms with Crippen molar-refractivity contribution in [2.75, 3.05) is 33.4 Å². The van der Waals surface area contributed by atoms with E-state index in [-0.39, 0.29) is 44.1 Å². The molecule has 0 spiro atoms. The monoisotopic (exact) mass is 672 g/mol. The smallest absolute Gasteiger partial charge is 0.270 e. The number of methoxy groups -OCH3 is 1. The number of fused-ring (bicyclic) bond motifs is 16. The lowest BCUT2D eigenvalue weighted by Gasteiger charge is -2.26. The van der Waals surface area contributed by atoms with Crippen molar-refractivity contribution in [2.45, 2.75) is 44.5 Å². The Kier molecular flexibility index (Phi) is 11.6. The van der Waals surface area contributed by atoms with Gasteiger partial charge in [-0.25, -0.2) is 4.68 Å². The molecule has 2 aliphatic heterocycles. The fraction of sp³-hybridized carbons (Fsp3) is 0.353. The number of amides is 4. The Morgan fingerprint density at radius 3 is 2.59 bits per heavy atom. The molecule has 15 heteroatoms. The molecule has 0 aliphatic carbocycles. The summed E-state index contributed by atoms with van der Waals surface area (Å²) in [6.45, 7) is 2.44. The van der Waals surface area contributed by atoms with Gasteiger partial charge in [0.15, 0.2) is 11.5 Å². The quantitative estimate of drug-likeness (QED) is 0.190. The first kappa shape index (κ1) is 34.6. The van der Waals surface area contributed by atoms with E-state index in [0.29, 0.717) is 35.9 Å². The molecule has 49 heavy (non-hydrogen) atoms. The average molecular weight is 673 g/mol. The molecule has 6 rings (SSSR count). The number of aromatic nitrogens is 4. The van der Waals surface area contributed by atoms with E-state index in [1.165, 1.54) is 20.1 Å². The van der Waals surface area contributed by atoms with Gasteiger partial charge in [-0.1, -0.05) is 35.5 Å². The summed E-state index contributed by atoms with van der Waals surface area (Å²) in [6.07, 6.45) is 2.65. The first-order valence-electron chi connectivity index (χ1n) is 15.9. The fourth-order valence-corrected chi connectivity index (χ4v) is 5.32. The molecular formula is C34H40N8O7. The molecule has 4 bridgehead atoms. The lowest BCUT2D eigenvalue weighted by molar-refractivity contribution is -0.132. The van der Waals surface area contributed by atoms with Gasteiger partial charge in [0.05, 0.1) is 25.5 Å². The van der Waals surface area contributed by atoms with Gasteiger partial charge in [-0.05, 0) is 42.8 Å². The summed E-state index contributed by atoms with van der Waals surface area (Å²) in [5.41, 5.74) is 2.03. The van der Waals surface area contributed by atoms with Crippen LogP contribution in [0.25, 0.3) is 0 Å². The molecule has 3 atom stereocenters. The fourth-order valence-electron chi connectivity index (χ4n) is 5.32. The van der Waals surface area contributed by atoms with Crippen LogP contribution in [0.5, 0.6) is 11.5 Å². The molecule has 15 nitrogen and oxygen atoms in total. The average Bonchev–Trinajstić information content (AvgIpc) is 3.81. The number of nitrogens with zero attached hydrogens (tertiary/aromatic N) is 4. The molecule has 258 valence electrons. The van der Waals surface area contributed by atoms with Crippen LogP contribution in [-0.2, 0) is 29.0 Å². The van der Waals surface area contributed by atoms with Crippen LogP contribution in [0.3, 0.4) is 0 Å². The van der Waals surface area contributed by atoms with Crippen molar-refractivity contribution in [3.63, 3.8) is 0 Å². The molecule has 0 fully saturated rings. The lowest BCUT2D eigenvalue weighted by Crippen LogP contribution is -2.58. The Morgan fingerprint density at radius 1 is 1.04 bits per heavy atom. The molecule has 2 aromatic heterocycles. The van der Waals surface area contributed by atoms with Gasteiger partial charge in [-0.15, -0.1) is 5.10 Å². The van der Waals surface area contributed by atoms with Gasteiger partial charge < -0.3 is 40.4 Å². The molecule has 2 aromatic carbocycles. The van der Waals surface area contributed by atoms with E-state index < -0.39 is 35.9 Å². The Balaban J connectivity index is 1.42. The molecule has 2 aliphatic rings. The summed E-state index contributed by atoms with van der Waals surface area (Å²) in [4.78, 5) is 58.2. The maximum Gasteiger partial charge on any atom is 0.270 e. The number of aliphatic hydroxyl groups excluding tert-OH is 1. The number of ether oxygens (including phenoxy) is 2. The summed E-state index contributed by atoms with van der Waals surface area (Å²) >= 11 is 0. The highest BCUT2D eigenvalue weighted by atomic mass is 16.5. The van der Waals surface area contributed by atoms with Gasteiger partial charge in [0.1, 0.15) is 24.4 Å². The van der Waals surface area contributed by atoms with E-state index in [1.54, 1.807) is 46.2 Å². The van der Waals surface area contributed by atoms with Crippen LogP contribution in [0.1, 0.15) is 39.0 Å². The minimum absolute atomic E-state index is 0.0379. The van der Waals surface area contributed by atoms with E-state index in [1.807, 2.05) is 30.3 Å². The Morgan fingerprint density at radius 2 is 1.86 bits per heavy atom. The van der Waals surface area contributed by atoms with E-state index in [0.717, 1.165) is 5.56 Å². The van der Waals surface area contributed by atoms with E-state index >= 15 is 0 Å². The molecule has 5 N–H and O–H groups in total. The summed E-state index contributed by atoms with van der Waals surface area (Å²) < 4.78 is 13.1. The second kappa shape index (κ2) is 16.4. The second-order valence-electron chi connectivity index (χ2n) is 11.5. The molecular weight excluding hydrogens is 632 g/mol. The predicted octanol–water partition coefficient (Wildman–Crippen LogP) is 0.715. The Hall–Kier alpha value is -5.70. The number of carbonyl (C=O) groups is 4. The van der Waals surface area contributed by atoms with Gasteiger partial charge >= 0.3 is 0 Å². The zero-order chi connectivity index (χ0) is 34.8. The van der Waals surface area contributed by atoms with Crippen LogP contribution in [0.2, 0.25) is 0 Å². The van der Waals surface area contributed by atoms with Crippen LogP contribution in [0.15, 0.2) is 73.1 Å². The zero-order valence-electron chi connectivity index (χ0n) is 27.3. The topological polar surface area (TPSA) is 193 Å².